The van der Waals surface area contributed by atoms with E-state index in [1.165, 1.54) is 0 Å². The molecule has 6 heteroatoms. The summed E-state index contributed by atoms with van der Waals surface area (Å²) in [7, 11) is -2.92. The highest BCUT2D eigenvalue weighted by atomic mass is 32.2. The highest BCUT2D eigenvalue weighted by molar-refractivity contribution is 7.91. The van der Waals surface area contributed by atoms with Crippen LogP contribution in [0.4, 0.5) is 0 Å². The second-order valence-corrected chi connectivity index (χ2v) is 5.97. The molecule has 1 saturated heterocycles. The average Bonchev–Trinajstić information content (AvgIpc) is 2.08. The Bertz CT molecular complexity index is 297. The zero-order valence-electron chi connectivity index (χ0n) is 7.85. The Kier molecular flexibility index (Phi) is 3.49. The number of hydrogen-bond acceptors (Lipinski definition) is 4. The van der Waals surface area contributed by atoms with Gasteiger partial charge in [-0.1, -0.05) is 0 Å². The molecule has 0 aromatic rings. The van der Waals surface area contributed by atoms with Gasteiger partial charge in [-0.25, -0.2) is 8.42 Å². The molecule has 5 nitrogen and oxygen atoms in total. The van der Waals surface area contributed by atoms with E-state index in [9.17, 15) is 13.2 Å². The maximum absolute atomic E-state index is 11.1. The van der Waals surface area contributed by atoms with Crippen LogP contribution in [0.2, 0.25) is 0 Å². The van der Waals surface area contributed by atoms with Crippen molar-refractivity contribution in [1.82, 2.24) is 0 Å². The minimum absolute atomic E-state index is 0.0824. The lowest BCUT2D eigenvalue weighted by molar-refractivity contribution is -0.143. The van der Waals surface area contributed by atoms with Crippen LogP contribution in [0.3, 0.4) is 0 Å². The molecule has 0 spiro atoms. The van der Waals surface area contributed by atoms with Crippen molar-refractivity contribution in [2.24, 2.45) is 17.6 Å². The maximum Gasteiger partial charge on any atom is 0.308 e. The molecule has 1 heterocycles. The summed E-state index contributed by atoms with van der Waals surface area (Å²) in [5.41, 5.74) is 5.34. The van der Waals surface area contributed by atoms with Crippen LogP contribution in [-0.4, -0.2) is 37.5 Å². The standard InChI is InChI=1S/C8H15NO4S/c9-5-7(8(10)11)6-1-3-14(12,13)4-2-6/h6-7H,1-5,9H2,(H,10,11). The summed E-state index contributed by atoms with van der Waals surface area (Å²) >= 11 is 0. The number of carboxylic acids is 1. The van der Waals surface area contributed by atoms with Gasteiger partial charge in [-0.05, 0) is 18.8 Å². The fraction of sp³-hybridized carbons (Fsp3) is 0.875. The number of carboxylic acid groups (broad SMARTS) is 1. The number of carbonyl (C=O) groups is 1. The molecule has 1 fully saturated rings. The minimum atomic E-state index is -2.92. The third kappa shape index (κ3) is 2.68. The molecule has 0 aromatic heterocycles. The van der Waals surface area contributed by atoms with Crippen LogP contribution in [0.15, 0.2) is 0 Å². The first-order chi connectivity index (χ1) is 6.46. The van der Waals surface area contributed by atoms with Gasteiger partial charge in [0, 0.05) is 6.54 Å². The SMILES string of the molecule is NCC(C(=O)O)C1CCS(=O)(=O)CC1. The molecule has 0 bridgehead atoms. The molecule has 1 aliphatic rings. The van der Waals surface area contributed by atoms with Crippen LogP contribution < -0.4 is 5.73 Å². The van der Waals surface area contributed by atoms with Crippen molar-refractivity contribution >= 4 is 15.8 Å². The molecule has 0 aromatic carbocycles. The summed E-state index contributed by atoms with van der Waals surface area (Å²) in [5.74, 6) is -1.40. The number of rotatable bonds is 3. The average molecular weight is 221 g/mol. The van der Waals surface area contributed by atoms with Gasteiger partial charge >= 0.3 is 5.97 Å². The van der Waals surface area contributed by atoms with Crippen LogP contribution in [0.25, 0.3) is 0 Å². The summed E-state index contributed by atoms with van der Waals surface area (Å²) in [6, 6.07) is 0. The van der Waals surface area contributed by atoms with E-state index in [2.05, 4.69) is 0 Å². The molecule has 0 radical (unpaired) electrons. The number of hydrogen-bond donors (Lipinski definition) is 2. The van der Waals surface area contributed by atoms with E-state index in [1.807, 2.05) is 0 Å². The summed E-state index contributed by atoms with van der Waals surface area (Å²) in [6.07, 6.45) is 0.854. The largest absolute Gasteiger partial charge is 0.481 e. The van der Waals surface area contributed by atoms with E-state index in [4.69, 9.17) is 10.8 Å². The lowest BCUT2D eigenvalue weighted by Crippen LogP contribution is -2.36. The topological polar surface area (TPSA) is 97.5 Å². The smallest absolute Gasteiger partial charge is 0.308 e. The lowest BCUT2D eigenvalue weighted by atomic mass is 9.87. The molecule has 0 amide bonds. The highest BCUT2D eigenvalue weighted by Gasteiger charge is 2.32. The first-order valence-electron chi connectivity index (χ1n) is 4.59. The van der Waals surface area contributed by atoms with Gasteiger partial charge in [0.05, 0.1) is 17.4 Å². The third-order valence-corrected chi connectivity index (χ3v) is 4.45. The predicted octanol–water partition coefficient (Wildman–Crippen LogP) is -0.529. The normalized spacial score (nSPS) is 24.4. The van der Waals surface area contributed by atoms with E-state index < -0.39 is 21.7 Å². The number of sulfone groups is 1. The number of aliphatic carboxylic acids is 1. The molecule has 0 saturated carbocycles. The van der Waals surface area contributed by atoms with E-state index >= 15 is 0 Å². The first-order valence-corrected chi connectivity index (χ1v) is 6.41. The third-order valence-electron chi connectivity index (χ3n) is 2.74. The molecule has 1 atom stereocenters. The molecular weight excluding hydrogens is 206 g/mol. The summed E-state index contributed by atoms with van der Waals surface area (Å²) in [4.78, 5) is 10.8. The van der Waals surface area contributed by atoms with Gasteiger partial charge in [-0.15, -0.1) is 0 Å². The van der Waals surface area contributed by atoms with Crippen molar-refractivity contribution in [3.63, 3.8) is 0 Å². The van der Waals surface area contributed by atoms with Crippen LogP contribution in [0.1, 0.15) is 12.8 Å². The molecular formula is C8H15NO4S. The Morgan fingerprint density at radius 3 is 2.29 bits per heavy atom. The Hall–Kier alpha value is -0.620. The number of nitrogens with two attached hydrogens (primary N) is 1. The van der Waals surface area contributed by atoms with Gasteiger partial charge in [0.15, 0.2) is 0 Å². The second-order valence-electron chi connectivity index (χ2n) is 3.67. The van der Waals surface area contributed by atoms with Crippen molar-refractivity contribution in [3.8, 4) is 0 Å². The Morgan fingerprint density at radius 1 is 1.43 bits per heavy atom. The van der Waals surface area contributed by atoms with Crippen LogP contribution in [0, 0.1) is 11.8 Å². The monoisotopic (exact) mass is 221 g/mol. The Morgan fingerprint density at radius 2 is 1.93 bits per heavy atom. The van der Waals surface area contributed by atoms with Crippen molar-refractivity contribution in [2.45, 2.75) is 12.8 Å². The van der Waals surface area contributed by atoms with Crippen molar-refractivity contribution in [2.75, 3.05) is 18.1 Å². The fourth-order valence-corrected chi connectivity index (χ4v) is 3.33. The summed E-state index contributed by atoms with van der Waals surface area (Å²) < 4.78 is 22.2. The molecule has 1 aliphatic heterocycles. The second kappa shape index (κ2) is 4.27. The summed E-state index contributed by atoms with van der Waals surface area (Å²) in [6.45, 7) is 0.0834. The zero-order valence-corrected chi connectivity index (χ0v) is 8.66. The minimum Gasteiger partial charge on any atom is -0.481 e. The Labute approximate surface area is 83.2 Å². The predicted molar refractivity (Wildman–Crippen MR) is 51.6 cm³/mol. The van der Waals surface area contributed by atoms with Crippen LogP contribution in [0.5, 0.6) is 0 Å². The highest BCUT2D eigenvalue weighted by Crippen LogP contribution is 2.25. The van der Waals surface area contributed by atoms with Gasteiger partial charge in [-0.2, -0.15) is 0 Å². The quantitative estimate of drug-likeness (QED) is 0.667. The zero-order chi connectivity index (χ0) is 10.8. The van der Waals surface area contributed by atoms with Crippen molar-refractivity contribution in [1.29, 1.82) is 0 Å². The van der Waals surface area contributed by atoms with E-state index in [1.54, 1.807) is 0 Å². The van der Waals surface area contributed by atoms with Crippen LogP contribution in [-0.2, 0) is 14.6 Å². The van der Waals surface area contributed by atoms with Gasteiger partial charge in [0.1, 0.15) is 9.84 Å². The van der Waals surface area contributed by atoms with Gasteiger partial charge in [-0.3, -0.25) is 4.79 Å². The molecule has 1 unspecified atom stereocenters. The van der Waals surface area contributed by atoms with Gasteiger partial charge in [0.25, 0.3) is 0 Å². The molecule has 0 aliphatic carbocycles. The van der Waals surface area contributed by atoms with Gasteiger partial charge < -0.3 is 10.8 Å². The molecule has 1 rings (SSSR count). The van der Waals surface area contributed by atoms with E-state index in [-0.39, 0.29) is 24.0 Å². The van der Waals surface area contributed by atoms with Crippen molar-refractivity contribution < 1.29 is 18.3 Å². The molecule has 82 valence electrons. The van der Waals surface area contributed by atoms with Crippen LogP contribution >= 0.6 is 0 Å². The van der Waals surface area contributed by atoms with Gasteiger partial charge in [0.2, 0.25) is 0 Å². The fourth-order valence-electron chi connectivity index (χ4n) is 1.81. The molecule has 14 heavy (non-hydrogen) atoms. The lowest BCUT2D eigenvalue weighted by Gasteiger charge is -2.26. The Balaban J connectivity index is 2.60. The summed E-state index contributed by atoms with van der Waals surface area (Å²) in [5, 5.41) is 8.83. The first kappa shape index (κ1) is 11.5. The van der Waals surface area contributed by atoms with E-state index in [0.717, 1.165) is 0 Å². The van der Waals surface area contributed by atoms with E-state index in [0.29, 0.717) is 12.8 Å². The molecule has 3 N–H and O–H groups in total. The maximum atomic E-state index is 11.1. The van der Waals surface area contributed by atoms with Crippen molar-refractivity contribution in [3.05, 3.63) is 0 Å².